The lowest BCUT2D eigenvalue weighted by Gasteiger charge is -2.38. The van der Waals surface area contributed by atoms with Gasteiger partial charge in [-0.3, -0.25) is 4.79 Å². The minimum Gasteiger partial charge on any atom is -0.495 e. The number of carbonyl (C=O) groups is 1. The molecule has 5 rings (SSSR count). The van der Waals surface area contributed by atoms with Crippen LogP contribution < -0.4 is 9.64 Å². The minimum absolute atomic E-state index is 0.0559. The first-order valence-electron chi connectivity index (χ1n) is 10.4. The zero-order valence-electron chi connectivity index (χ0n) is 16.8. The Morgan fingerprint density at radius 3 is 2.69 bits per heavy atom. The van der Waals surface area contributed by atoms with Crippen LogP contribution in [0.3, 0.4) is 0 Å². The van der Waals surface area contributed by atoms with Crippen molar-refractivity contribution < 1.29 is 9.53 Å². The Kier molecular flexibility index (Phi) is 4.62. The summed E-state index contributed by atoms with van der Waals surface area (Å²) in [6.07, 6.45) is 4.61. The highest BCUT2D eigenvalue weighted by Crippen LogP contribution is 2.30. The van der Waals surface area contributed by atoms with Gasteiger partial charge in [0.05, 0.1) is 18.5 Å². The lowest BCUT2D eigenvalue weighted by molar-refractivity contribution is -0.136. The molecule has 1 aliphatic carbocycles. The molecule has 1 aromatic carbocycles. The number of pyridine rings is 1. The van der Waals surface area contributed by atoms with Crippen molar-refractivity contribution in [2.75, 3.05) is 38.2 Å². The van der Waals surface area contributed by atoms with Crippen LogP contribution in [-0.2, 0) is 17.6 Å². The number of hydrogen-bond acceptors (Lipinski definition) is 4. The standard InChI is InChI=1S/C23H26N4O2/c1-29-21-7-3-2-6-19(21)25-12-14-26(15-13-25)23(28)17-9-10-18-20(16-17)27-11-5-4-8-22(27)24-18/h2-8,11,17H,9-10,12-16H2,1H3. The van der Waals surface area contributed by atoms with Crippen LogP contribution in [0.25, 0.3) is 5.65 Å². The Bertz CT molecular complexity index is 1040. The van der Waals surface area contributed by atoms with E-state index >= 15 is 0 Å². The molecule has 1 saturated heterocycles. The van der Waals surface area contributed by atoms with Crippen LogP contribution in [0.5, 0.6) is 5.75 Å². The molecular weight excluding hydrogens is 364 g/mol. The molecule has 0 saturated carbocycles. The van der Waals surface area contributed by atoms with Crippen LogP contribution in [0, 0.1) is 5.92 Å². The molecule has 150 valence electrons. The summed E-state index contributed by atoms with van der Waals surface area (Å²) in [4.78, 5) is 22.3. The number of para-hydroxylation sites is 2. The molecule has 1 amide bonds. The number of hydrogen-bond donors (Lipinski definition) is 0. The van der Waals surface area contributed by atoms with Crippen molar-refractivity contribution in [1.29, 1.82) is 0 Å². The first-order valence-corrected chi connectivity index (χ1v) is 10.4. The lowest BCUT2D eigenvalue weighted by Crippen LogP contribution is -2.51. The Morgan fingerprint density at radius 1 is 1.07 bits per heavy atom. The number of rotatable bonds is 3. The Balaban J connectivity index is 1.27. The number of imidazole rings is 1. The van der Waals surface area contributed by atoms with E-state index in [-0.39, 0.29) is 5.92 Å². The van der Waals surface area contributed by atoms with Crippen molar-refractivity contribution in [1.82, 2.24) is 14.3 Å². The quantitative estimate of drug-likeness (QED) is 0.690. The molecule has 0 bridgehead atoms. The van der Waals surface area contributed by atoms with Crippen LogP contribution in [-0.4, -0.2) is 53.5 Å². The molecule has 0 N–H and O–H groups in total. The van der Waals surface area contributed by atoms with Gasteiger partial charge in [0, 0.05) is 50.4 Å². The summed E-state index contributed by atoms with van der Waals surface area (Å²) in [7, 11) is 1.70. The van der Waals surface area contributed by atoms with Crippen LogP contribution in [0.4, 0.5) is 5.69 Å². The van der Waals surface area contributed by atoms with E-state index in [1.807, 2.05) is 41.3 Å². The Labute approximate surface area is 170 Å². The zero-order chi connectivity index (χ0) is 19.8. The molecule has 29 heavy (non-hydrogen) atoms. The number of aromatic nitrogens is 2. The Morgan fingerprint density at radius 2 is 1.86 bits per heavy atom. The van der Waals surface area contributed by atoms with E-state index in [4.69, 9.17) is 9.72 Å². The van der Waals surface area contributed by atoms with Gasteiger partial charge in [-0.15, -0.1) is 0 Å². The molecule has 0 radical (unpaired) electrons. The van der Waals surface area contributed by atoms with Gasteiger partial charge >= 0.3 is 0 Å². The summed E-state index contributed by atoms with van der Waals surface area (Å²) in [6, 6.07) is 14.2. The summed E-state index contributed by atoms with van der Waals surface area (Å²) in [6.45, 7) is 3.18. The molecule has 1 aliphatic heterocycles. The average molecular weight is 390 g/mol. The second-order valence-corrected chi connectivity index (χ2v) is 7.86. The normalized spacial score (nSPS) is 19.3. The lowest BCUT2D eigenvalue weighted by atomic mass is 9.88. The van der Waals surface area contributed by atoms with Crippen LogP contribution in [0.2, 0.25) is 0 Å². The van der Waals surface area contributed by atoms with Gasteiger partial charge in [-0.2, -0.15) is 0 Å². The van der Waals surface area contributed by atoms with Crippen molar-refractivity contribution in [3.63, 3.8) is 0 Å². The molecule has 1 unspecified atom stereocenters. The molecule has 3 aromatic rings. The predicted octanol–water partition coefficient (Wildman–Crippen LogP) is 2.80. The van der Waals surface area contributed by atoms with Gasteiger partial charge in [-0.25, -0.2) is 4.98 Å². The molecule has 6 nitrogen and oxygen atoms in total. The maximum Gasteiger partial charge on any atom is 0.226 e. The van der Waals surface area contributed by atoms with Crippen LogP contribution in [0.1, 0.15) is 17.8 Å². The number of anilines is 1. The van der Waals surface area contributed by atoms with Crippen molar-refractivity contribution in [3.05, 3.63) is 60.0 Å². The summed E-state index contributed by atoms with van der Waals surface area (Å²) in [5, 5.41) is 0. The third-order valence-corrected chi connectivity index (χ3v) is 6.25. The fraction of sp³-hybridized carbons (Fsp3) is 0.391. The van der Waals surface area contributed by atoms with Gasteiger partial charge in [0.1, 0.15) is 11.4 Å². The minimum atomic E-state index is 0.0559. The maximum absolute atomic E-state index is 13.2. The molecule has 1 fully saturated rings. The predicted molar refractivity (Wildman–Crippen MR) is 112 cm³/mol. The number of aryl methyl sites for hydroxylation is 1. The summed E-state index contributed by atoms with van der Waals surface area (Å²) in [5.74, 6) is 1.24. The van der Waals surface area contributed by atoms with E-state index in [9.17, 15) is 4.79 Å². The molecule has 6 heteroatoms. The SMILES string of the molecule is COc1ccccc1N1CCN(C(=O)C2CCc3nc4ccccn4c3C2)CC1. The van der Waals surface area contributed by atoms with Crippen molar-refractivity contribution >= 4 is 17.2 Å². The van der Waals surface area contributed by atoms with E-state index in [1.54, 1.807) is 7.11 Å². The van der Waals surface area contributed by atoms with Crippen molar-refractivity contribution in [2.45, 2.75) is 19.3 Å². The first kappa shape index (κ1) is 18.0. The number of fused-ring (bicyclic) bond motifs is 3. The number of carbonyl (C=O) groups excluding carboxylic acids is 1. The second-order valence-electron chi connectivity index (χ2n) is 7.86. The number of piperazine rings is 1. The van der Waals surface area contributed by atoms with E-state index in [0.29, 0.717) is 5.91 Å². The van der Waals surface area contributed by atoms with Gasteiger partial charge in [-0.1, -0.05) is 18.2 Å². The van der Waals surface area contributed by atoms with E-state index in [1.165, 1.54) is 5.69 Å². The third-order valence-electron chi connectivity index (χ3n) is 6.25. The highest BCUT2D eigenvalue weighted by Gasteiger charge is 2.32. The molecule has 2 aliphatic rings. The first-order chi connectivity index (χ1) is 14.2. The zero-order valence-corrected chi connectivity index (χ0v) is 16.8. The molecular formula is C23H26N4O2. The summed E-state index contributed by atoms with van der Waals surface area (Å²) in [5.41, 5.74) is 4.45. The van der Waals surface area contributed by atoms with Gasteiger partial charge in [0.2, 0.25) is 5.91 Å². The summed E-state index contributed by atoms with van der Waals surface area (Å²) < 4.78 is 7.65. The average Bonchev–Trinajstić information content (AvgIpc) is 3.16. The number of benzene rings is 1. The number of amides is 1. The van der Waals surface area contributed by atoms with Gasteiger partial charge in [0.15, 0.2) is 0 Å². The molecule has 3 heterocycles. The van der Waals surface area contributed by atoms with Crippen molar-refractivity contribution in [3.8, 4) is 5.75 Å². The van der Waals surface area contributed by atoms with Crippen LogP contribution >= 0.6 is 0 Å². The van der Waals surface area contributed by atoms with Gasteiger partial charge in [0.25, 0.3) is 0 Å². The monoisotopic (exact) mass is 390 g/mol. The van der Waals surface area contributed by atoms with Gasteiger partial charge < -0.3 is 18.9 Å². The maximum atomic E-state index is 13.2. The van der Waals surface area contributed by atoms with Crippen molar-refractivity contribution in [2.24, 2.45) is 5.92 Å². The fourth-order valence-corrected chi connectivity index (χ4v) is 4.69. The van der Waals surface area contributed by atoms with E-state index in [0.717, 1.165) is 68.2 Å². The largest absolute Gasteiger partial charge is 0.495 e. The molecule has 1 atom stereocenters. The van der Waals surface area contributed by atoms with Gasteiger partial charge in [-0.05, 0) is 37.1 Å². The second kappa shape index (κ2) is 7.43. The fourth-order valence-electron chi connectivity index (χ4n) is 4.69. The van der Waals surface area contributed by atoms with Crippen LogP contribution in [0.15, 0.2) is 48.7 Å². The number of nitrogens with zero attached hydrogens (tertiary/aromatic N) is 4. The highest BCUT2D eigenvalue weighted by atomic mass is 16.5. The molecule has 0 spiro atoms. The topological polar surface area (TPSA) is 50.1 Å². The smallest absolute Gasteiger partial charge is 0.226 e. The number of ether oxygens (including phenoxy) is 1. The Hall–Kier alpha value is -3.02. The molecule has 2 aromatic heterocycles. The third kappa shape index (κ3) is 3.22. The van der Waals surface area contributed by atoms with E-state index < -0.39 is 0 Å². The highest BCUT2D eigenvalue weighted by molar-refractivity contribution is 5.80. The number of methoxy groups -OCH3 is 1. The van der Waals surface area contributed by atoms with E-state index in [2.05, 4.69) is 21.6 Å². The summed E-state index contributed by atoms with van der Waals surface area (Å²) >= 11 is 0.